The number of hydrogen-bond acceptors (Lipinski definition) is 5. The Morgan fingerprint density at radius 2 is 2.15 bits per heavy atom. The van der Waals surface area contributed by atoms with Gasteiger partial charge in [-0.2, -0.15) is 5.10 Å². The molecule has 0 aromatic heterocycles. The van der Waals surface area contributed by atoms with E-state index in [1.165, 1.54) is 11.8 Å². The van der Waals surface area contributed by atoms with Gasteiger partial charge in [-0.1, -0.05) is 25.1 Å². The van der Waals surface area contributed by atoms with E-state index >= 15 is 0 Å². The summed E-state index contributed by atoms with van der Waals surface area (Å²) in [7, 11) is 1.63. The number of amides is 1. The van der Waals surface area contributed by atoms with Crippen molar-refractivity contribution in [1.29, 1.82) is 0 Å². The van der Waals surface area contributed by atoms with Crippen molar-refractivity contribution in [3.8, 4) is 5.75 Å². The lowest BCUT2D eigenvalue weighted by Gasteiger charge is -1.99. The van der Waals surface area contributed by atoms with Crippen molar-refractivity contribution in [1.82, 2.24) is 5.32 Å². The Morgan fingerprint density at radius 1 is 1.40 bits per heavy atom. The molecule has 0 saturated carbocycles. The van der Waals surface area contributed by atoms with Crippen LogP contribution in [0.15, 0.2) is 34.5 Å². The highest BCUT2D eigenvalue weighted by Crippen LogP contribution is 2.23. The Kier molecular flexibility index (Phi) is 5.17. The van der Waals surface area contributed by atoms with Gasteiger partial charge in [-0.3, -0.25) is 4.79 Å². The maximum atomic E-state index is 11.6. The van der Waals surface area contributed by atoms with Gasteiger partial charge >= 0.3 is 0 Å². The van der Waals surface area contributed by atoms with E-state index in [0.29, 0.717) is 5.17 Å². The average molecular weight is 291 g/mol. The molecule has 5 nitrogen and oxygen atoms in total. The summed E-state index contributed by atoms with van der Waals surface area (Å²) in [5, 5.41) is 11.3. The van der Waals surface area contributed by atoms with Crippen LogP contribution in [0.4, 0.5) is 0 Å². The van der Waals surface area contributed by atoms with E-state index in [2.05, 4.69) is 22.4 Å². The van der Waals surface area contributed by atoms with Crippen LogP contribution in [0, 0.1) is 0 Å². The molecule has 1 fully saturated rings. The van der Waals surface area contributed by atoms with Gasteiger partial charge in [0.1, 0.15) is 5.75 Å². The first-order valence-electron chi connectivity index (χ1n) is 6.45. The van der Waals surface area contributed by atoms with Crippen LogP contribution in [0.2, 0.25) is 0 Å². The number of rotatable bonds is 5. The van der Waals surface area contributed by atoms with E-state index < -0.39 is 0 Å². The predicted molar refractivity (Wildman–Crippen MR) is 82.5 cm³/mol. The Balaban J connectivity index is 1.95. The summed E-state index contributed by atoms with van der Waals surface area (Å²) >= 11 is 1.44. The van der Waals surface area contributed by atoms with E-state index in [0.717, 1.165) is 24.2 Å². The van der Waals surface area contributed by atoms with Crippen molar-refractivity contribution in [2.45, 2.75) is 25.0 Å². The van der Waals surface area contributed by atoms with Crippen molar-refractivity contribution in [3.63, 3.8) is 0 Å². The summed E-state index contributed by atoms with van der Waals surface area (Å²) in [6, 6.07) is 7.50. The maximum absolute atomic E-state index is 11.6. The highest BCUT2D eigenvalue weighted by Gasteiger charge is 2.29. The first kappa shape index (κ1) is 14.6. The normalized spacial score (nSPS) is 20.6. The third-order valence-electron chi connectivity index (χ3n) is 2.80. The Labute approximate surface area is 122 Å². The highest BCUT2D eigenvalue weighted by atomic mass is 32.2. The number of benzene rings is 1. The van der Waals surface area contributed by atoms with Crippen LogP contribution in [0.25, 0.3) is 0 Å². The molecule has 0 aliphatic carbocycles. The summed E-state index contributed by atoms with van der Waals surface area (Å²) in [4.78, 5) is 11.6. The van der Waals surface area contributed by atoms with Crippen molar-refractivity contribution < 1.29 is 9.53 Å². The molecule has 0 spiro atoms. The van der Waals surface area contributed by atoms with Gasteiger partial charge in [0.15, 0.2) is 5.17 Å². The summed E-state index contributed by atoms with van der Waals surface area (Å²) in [6.07, 6.45) is 3.48. The van der Waals surface area contributed by atoms with Gasteiger partial charge in [-0.25, -0.2) is 0 Å². The van der Waals surface area contributed by atoms with Crippen LogP contribution in [-0.2, 0) is 4.79 Å². The molecule has 1 aromatic rings. The summed E-state index contributed by atoms with van der Waals surface area (Å²) in [5.74, 6) is 0.824. The average Bonchev–Trinajstić information content (AvgIpc) is 2.80. The minimum absolute atomic E-state index is 0.0234. The standard InChI is InChI=1S/C14H17N3O2S/c1-3-4-12-13(18)16-14(20-12)17-15-9-10-5-7-11(19-2)8-6-10/h5-9,12H,3-4H2,1-2H3,(H,16,17,18). The predicted octanol–water partition coefficient (Wildman–Crippen LogP) is 2.42. The fraction of sp³-hybridized carbons (Fsp3) is 0.357. The molecule has 1 N–H and O–H groups in total. The second-order valence-electron chi connectivity index (χ2n) is 4.31. The van der Waals surface area contributed by atoms with Crippen molar-refractivity contribution in [2.24, 2.45) is 10.2 Å². The van der Waals surface area contributed by atoms with Gasteiger partial charge in [-0.15, -0.1) is 5.10 Å². The van der Waals surface area contributed by atoms with Crippen LogP contribution in [0.1, 0.15) is 25.3 Å². The molecule has 1 unspecified atom stereocenters. The fourth-order valence-electron chi connectivity index (χ4n) is 1.74. The number of hydrogen-bond donors (Lipinski definition) is 1. The van der Waals surface area contributed by atoms with Crippen LogP contribution < -0.4 is 10.1 Å². The molecule has 6 heteroatoms. The number of carbonyl (C=O) groups is 1. The van der Waals surface area contributed by atoms with Crippen molar-refractivity contribution >= 4 is 29.1 Å². The molecule has 0 radical (unpaired) electrons. The SMILES string of the molecule is CCCC1SC(=NN=Cc2ccc(OC)cc2)NC1=O. The van der Waals surface area contributed by atoms with Crippen molar-refractivity contribution in [3.05, 3.63) is 29.8 Å². The molecule has 1 atom stereocenters. The summed E-state index contributed by atoms with van der Waals surface area (Å²) in [5.41, 5.74) is 0.926. The third-order valence-corrected chi connectivity index (χ3v) is 3.94. The van der Waals surface area contributed by atoms with Gasteiger partial charge in [-0.05, 0) is 36.2 Å². The van der Waals surface area contributed by atoms with Gasteiger partial charge in [0, 0.05) is 0 Å². The lowest BCUT2D eigenvalue weighted by atomic mass is 10.2. The minimum Gasteiger partial charge on any atom is -0.497 e. The number of ether oxygens (including phenoxy) is 1. The number of thioether (sulfide) groups is 1. The smallest absolute Gasteiger partial charge is 0.239 e. The number of methoxy groups -OCH3 is 1. The van der Waals surface area contributed by atoms with Crippen LogP contribution in [-0.4, -0.2) is 29.6 Å². The zero-order chi connectivity index (χ0) is 14.4. The van der Waals surface area contributed by atoms with E-state index in [4.69, 9.17) is 4.74 Å². The Morgan fingerprint density at radius 3 is 2.80 bits per heavy atom. The van der Waals surface area contributed by atoms with E-state index in [-0.39, 0.29) is 11.2 Å². The topological polar surface area (TPSA) is 63.1 Å². The maximum Gasteiger partial charge on any atom is 0.239 e. The van der Waals surface area contributed by atoms with E-state index in [1.807, 2.05) is 24.3 Å². The first-order valence-corrected chi connectivity index (χ1v) is 7.33. The van der Waals surface area contributed by atoms with Crippen LogP contribution in [0.5, 0.6) is 5.75 Å². The molecule has 1 heterocycles. The fourth-order valence-corrected chi connectivity index (χ4v) is 2.79. The minimum atomic E-state index is -0.0325. The van der Waals surface area contributed by atoms with E-state index in [9.17, 15) is 4.79 Å². The molecule has 1 saturated heterocycles. The van der Waals surface area contributed by atoms with Crippen LogP contribution in [0.3, 0.4) is 0 Å². The molecule has 1 amide bonds. The quantitative estimate of drug-likeness (QED) is 0.669. The second kappa shape index (κ2) is 7.09. The largest absolute Gasteiger partial charge is 0.497 e. The molecule has 1 aliphatic heterocycles. The van der Waals surface area contributed by atoms with Crippen LogP contribution >= 0.6 is 11.8 Å². The van der Waals surface area contributed by atoms with E-state index in [1.54, 1.807) is 13.3 Å². The molecule has 2 rings (SSSR count). The third kappa shape index (κ3) is 3.84. The van der Waals surface area contributed by atoms with Gasteiger partial charge < -0.3 is 10.1 Å². The highest BCUT2D eigenvalue weighted by molar-refractivity contribution is 8.15. The molecule has 1 aromatic carbocycles. The first-order chi connectivity index (χ1) is 9.72. The van der Waals surface area contributed by atoms with Gasteiger partial charge in [0.25, 0.3) is 0 Å². The monoisotopic (exact) mass is 291 g/mol. The number of carbonyl (C=O) groups excluding carboxylic acids is 1. The zero-order valence-corrected chi connectivity index (χ0v) is 12.3. The number of nitrogens with zero attached hydrogens (tertiary/aromatic N) is 2. The molecule has 106 valence electrons. The lowest BCUT2D eigenvalue weighted by Crippen LogP contribution is -2.24. The van der Waals surface area contributed by atoms with Crippen molar-refractivity contribution in [2.75, 3.05) is 7.11 Å². The molecule has 1 aliphatic rings. The lowest BCUT2D eigenvalue weighted by molar-refractivity contribution is -0.118. The molecule has 0 bridgehead atoms. The Hall–Kier alpha value is -1.82. The van der Waals surface area contributed by atoms with Gasteiger partial charge in [0.2, 0.25) is 5.91 Å². The summed E-state index contributed by atoms with van der Waals surface area (Å²) < 4.78 is 5.08. The molecule has 20 heavy (non-hydrogen) atoms. The summed E-state index contributed by atoms with van der Waals surface area (Å²) in [6.45, 7) is 2.06. The number of nitrogens with one attached hydrogen (secondary N) is 1. The molecular formula is C14H17N3O2S. The zero-order valence-electron chi connectivity index (χ0n) is 11.5. The number of amidine groups is 1. The van der Waals surface area contributed by atoms with Gasteiger partial charge in [0.05, 0.1) is 18.6 Å². The second-order valence-corrected chi connectivity index (χ2v) is 5.50. The Bertz CT molecular complexity index is 526. The molecular weight excluding hydrogens is 274 g/mol.